The summed E-state index contributed by atoms with van der Waals surface area (Å²) in [5.41, 5.74) is 3.12. The van der Waals surface area contributed by atoms with E-state index in [0.717, 1.165) is 0 Å². The molecule has 1 aliphatic heterocycles. The molecule has 78 valence electrons. The Morgan fingerprint density at radius 3 is 2.93 bits per heavy atom. The summed E-state index contributed by atoms with van der Waals surface area (Å²) in [5.74, 6) is 0. The summed E-state index contributed by atoms with van der Waals surface area (Å²) in [6, 6.07) is 0. The second-order valence-corrected chi connectivity index (χ2v) is 5.20. The first-order chi connectivity index (χ1) is 6.81. The van der Waals surface area contributed by atoms with Crippen LogP contribution in [0.15, 0.2) is 5.38 Å². The first kappa shape index (κ1) is 10.2. The minimum Gasteiger partial charge on any atom is -0.294 e. The van der Waals surface area contributed by atoms with Crippen LogP contribution in [0.2, 0.25) is 0 Å². The third kappa shape index (κ3) is 2.01. The van der Waals surface area contributed by atoms with Gasteiger partial charge in [0, 0.05) is 18.0 Å². The molecule has 1 aliphatic rings. The Labute approximate surface area is 90.7 Å². The van der Waals surface area contributed by atoms with Crippen molar-refractivity contribution in [3.63, 3.8) is 0 Å². The maximum absolute atomic E-state index is 2.59. The van der Waals surface area contributed by atoms with E-state index in [9.17, 15) is 0 Å². The lowest BCUT2D eigenvalue weighted by atomic mass is 10.2. The van der Waals surface area contributed by atoms with Gasteiger partial charge in [-0.15, -0.1) is 11.3 Å². The van der Waals surface area contributed by atoms with Gasteiger partial charge in [-0.1, -0.05) is 19.8 Å². The number of thiophene rings is 1. The first-order valence-corrected chi connectivity index (χ1v) is 6.47. The Morgan fingerprint density at radius 1 is 1.36 bits per heavy atom. The Morgan fingerprint density at radius 2 is 2.21 bits per heavy atom. The van der Waals surface area contributed by atoms with Crippen LogP contribution in [0.1, 0.15) is 42.2 Å². The summed E-state index contributed by atoms with van der Waals surface area (Å²) in [7, 11) is 0. The molecule has 2 heteroatoms. The van der Waals surface area contributed by atoms with Crippen LogP contribution in [0.3, 0.4) is 0 Å². The maximum Gasteiger partial charge on any atom is 0.0334 e. The number of unbranched alkanes of at least 4 members (excludes halogenated alkanes) is 2. The van der Waals surface area contributed by atoms with Gasteiger partial charge in [-0.05, 0) is 36.4 Å². The first-order valence-electron chi connectivity index (χ1n) is 5.59. The molecule has 0 saturated heterocycles. The SMILES string of the molecule is CCCCCN1Cc2scc(C)c2C1. The molecule has 0 aliphatic carbocycles. The van der Waals surface area contributed by atoms with Crippen LogP contribution in [0, 0.1) is 6.92 Å². The quantitative estimate of drug-likeness (QED) is 0.685. The lowest BCUT2D eigenvalue weighted by Gasteiger charge is -2.14. The van der Waals surface area contributed by atoms with Crippen LogP contribution < -0.4 is 0 Å². The van der Waals surface area contributed by atoms with Gasteiger partial charge in [0.1, 0.15) is 0 Å². The molecule has 2 heterocycles. The Balaban J connectivity index is 1.86. The van der Waals surface area contributed by atoms with Crippen molar-refractivity contribution < 1.29 is 0 Å². The number of aryl methyl sites for hydroxylation is 1. The second kappa shape index (κ2) is 4.45. The lowest BCUT2D eigenvalue weighted by molar-refractivity contribution is 0.278. The summed E-state index contributed by atoms with van der Waals surface area (Å²) in [5, 5.41) is 2.30. The van der Waals surface area contributed by atoms with Gasteiger partial charge in [-0.3, -0.25) is 4.90 Å². The van der Waals surface area contributed by atoms with Crippen molar-refractivity contribution in [2.24, 2.45) is 0 Å². The molecule has 1 nitrogen and oxygen atoms in total. The van der Waals surface area contributed by atoms with E-state index in [0.29, 0.717) is 0 Å². The van der Waals surface area contributed by atoms with E-state index in [1.165, 1.54) is 44.5 Å². The van der Waals surface area contributed by atoms with E-state index in [2.05, 4.69) is 24.1 Å². The van der Waals surface area contributed by atoms with Crippen LogP contribution in [0.5, 0.6) is 0 Å². The highest BCUT2D eigenvalue weighted by molar-refractivity contribution is 7.10. The zero-order valence-electron chi connectivity index (χ0n) is 9.18. The maximum atomic E-state index is 2.59. The second-order valence-electron chi connectivity index (χ2n) is 4.24. The molecule has 0 radical (unpaired) electrons. The molecule has 0 unspecified atom stereocenters. The van der Waals surface area contributed by atoms with Gasteiger partial charge >= 0.3 is 0 Å². The van der Waals surface area contributed by atoms with Gasteiger partial charge < -0.3 is 0 Å². The average molecular weight is 209 g/mol. The van der Waals surface area contributed by atoms with E-state index in [1.807, 2.05) is 11.3 Å². The molecular weight excluding hydrogens is 190 g/mol. The summed E-state index contributed by atoms with van der Waals surface area (Å²) in [4.78, 5) is 4.20. The summed E-state index contributed by atoms with van der Waals surface area (Å²) >= 11 is 1.94. The predicted molar refractivity (Wildman–Crippen MR) is 62.7 cm³/mol. The molecule has 1 aromatic rings. The van der Waals surface area contributed by atoms with E-state index >= 15 is 0 Å². The molecule has 0 fully saturated rings. The number of nitrogens with zero attached hydrogens (tertiary/aromatic N) is 1. The van der Waals surface area contributed by atoms with Crippen molar-refractivity contribution in [3.8, 4) is 0 Å². The average Bonchev–Trinajstić information content (AvgIpc) is 2.70. The Hall–Kier alpha value is -0.340. The van der Waals surface area contributed by atoms with Gasteiger partial charge in [-0.25, -0.2) is 0 Å². The minimum absolute atomic E-state index is 1.20. The van der Waals surface area contributed by atoms with Crippen LogP contribution >= 0.6 is 11.3 Å². The molecule has 0 saturated carbocycles. The molecule has 14 heavy (non-hydrogen) atoms. The minimum atomic E-state index is 1.20. The lowest BCUT2D eigenvalue weighted by Crippen LogP contribution is -2.17. The van der Waals surface area contributed by atoms with E-state index in [4.69, 9.17) is 0 Å². The van der Waals surface area contributed by atoms with E-state index < -0.39 is 0 Å². The van der Waals surface area contributed by atoms with Crippen molar-refractivity contribution in [2.45, 2.75) is 46.2 Å². The van der Waals surface area contributed by atoms with Crippen molar-refractivity contribution >= 4 is 11.3 Å². The number of fused-ring (bicyclic) bond motifs is 1. The Bertz CT molecular complexity index is 303. The molecule has 0 aromatic carbocycles. The van der Waals surface area contributed by atoms with Crippen LogP contribution in [0.4, 0.5) is 0 Å². The van der Waals surface area contributed by atoms with Crippen molar-refractivity contribution in [1.82, 2.24) is 4.90 Å². The fraction of sp³-hybridized carbons (Fsp3) is 0.667. The Kier molecular flexibility index (Phi) is 3.24. The van der Waals surface area contributed by atoms with Crippen molar-refractivity contribution in [2.75, 3.05) is 6.54 Å². The molecule has 0 N–H and O–H groups in total. The van der Waals surface area contributed by atoms with Gasteiger partial charge in [0.15, 0.2) is 0 Å². The zero-order valence-corrected chi connectivity index (χ0v) is 9.99. The highest BCUT2D eigenvalue weighted by Gasteiger charge is 2.21. The standard InChI is InChI=1S/C12H19NS/c1-3-4-5-6-13-7-11-10(2)9-14-12(11)8-13/h9H,3-8H2,1-2H3. The predicted octanol–water partition coefficient (Wildman–Crippen LogP) is 3.56. The molecule has 0 bridgehead atoms. The fourth-order valence-electron chi connectivity index (χ4n) is 2.09. The van der Waals surface area contributed by atoms with Crippen LogP contribution in [-0.4, -0.2) is 11.4 Å². The molecular formula is C12H19NS. The van der Waals surface area contributed by atoms with Crippen LogP contribution in [0.25, 0.3) is 0 Å². The van der Waals surface area contributed by atoms with Crippen molar-refractivity contribution in [1.29, 1.82) is 0 Å². The van der Waals surface area contributed by atoms with Gasteiger partial charge in [0.2, 0.25) is 0 Å². The smallest absolute Gasteiger partial charge is 0.0334 e. The van der Waals surface area contributed by atoms with E-state index in [-0.39, 0.29) is 0 Å². The largest absolute Gasteiger partial charge is 0.294 e. The van der Waals surface area contributed by atoms with Gasteiger partial charge in [0.25, 0.3) is 0 Å². The molecule has 0 spiro atoms. The third-order valence-electron chi connectivity index (χ3n) is 3.02. The molecule has 0 atom stereocenters. The van der Waals surface area contributed by atoms with Gasteiger partial charge in [0.05, 0.1) is 0 Å². The summed E-state index contributed by atoms with van der Waals surface area (Å²) < 4.78 is 0. The monoisotopic (exact) mass is 209 g/mol. The van der Waals surface area contributed by atoms with E-state index in [1.54, 1.807) is 10.4 Å². The zero-order chi connectivity index (χ0) is 9.97. The van der Waals surface area contributed by atoms with Crippen LogP contribution in [-0.2, 0) is 13.1 Å². The summed E-state index contributed by atoms with van der Waals surface area (Å²) in [6.07, 6.45) is 4.07. The topological polar surface area (TPSA) is 3.24 Å². The third-order valence-corrected chi connectivity index (χ3v) is 4.15. The number of rotatable bonds is 4. The highest BCUT2D eigenvalue weighted by atomic mass is 32.1. The molecule has 0 amide bonds. The summed E-state index contributed by atoms with van der Waals surface area (Å²) in [6.45, 7) is 8.20. The molecule has 1 aromatic heterocycles. The van der Waals surface area contributed by atoms with Gasteiger partial charge in [-0.2, -0.15) is 0 Å². The van der Waals surface area contributed by atoms with Crippen molar-refractivity contribution in [3.05, 3.63) is 21.4 Å². The number of hydrogen-bond donors (Lipinski definition) is 0. The highest BCUT2D eigenvalue weighted by Crippen LogP contribution is 2.31. The fourth-order valence-corrected chi connectivity index (χ4v) is 3.18. The number of hydrogen-bond acceptors (Lipinski definition) is 2. The molecule has 2 rings (SSSR count). The normalized spacial score (nSPS) is 16.1.